The van der Waals surface area contributed by atoms with Crippen molar-refractivity contribution in [1.29, 1.82) is 0 Å². The van der Waals surface area contributed by atoms with Crippen LogP contribution >= 0.6 is 11.8 Å². The summed E-state index contributed by atoms with van der Waals surface area (Å²) < 4.78 is 0.405. The van der Waals surface area contributed by atoms with E-state index in [0.29, 0.717) is 10.4 Å². The zero-order valence-corrected chi connectivity index (χ0v) is 21.6. The Bertz CT molecular complexity index is 801. The van der Waals surface area contributed by atoms with Gasteiger partial charge < -0.3 is 0 Å². The number of rotatable bonds is 6. The minimum atomic E-state index is -1.37. The molecular formula is C19H31MoN6O7S-. The molecule has 10 N–H and O–H groups in total. The molecule has 6 atom stereocenters. The predicted molar refractivity (Wildman–Crippen MR) is 121 cm³/mol. The van der Waals surface area contributed by atoms with Crippen LogP contribution in [-0.4, -0.2) is 91.7 Å². The maximum atomic E-state index is 12.7. The van der Waals surface area contributed by atoms with Crippen LogP contribution in [0.15, 0.2) is 0 Å². The third kappa shape index (κ3) is 9.41. The van der Waals surface area contributed by atoms with Gasteiger partial charge in [-0.1, -0.05) is 0 Å². The molecule has 0 saturated carbocycles. The molecule has 1 saturated heterocycles. The fourth-order valence-corrected chi connectivity index (χ4v) is 4.84. The van der Waals surface area contributed by atoms with Crippen LogP contribution in [-0.2, 0) is 43.3 Å². The van der Waals surface area contributed by atoms with Crippen molar-refractivity contribution in [3.05, 3.63) is 6.42 Å². The van der Waals surface area contributed by atoms with Crippen molar-refractivity contribution in [1.82, 2.24) is 21.3 Å². The van der Waals surface area contributed by atoms with Crippen molar-refractivity contribution in [3.8, 4) is 0 Å². The normalized spacial score (nSPS) is 30.1. The molecule has 0 aromatic heterocycles. The number of thioether (sulfide) groups is 1. The Kier molecular flexibility index (Phi) is 12.9. The van der Waals surface area contributed by atoms with Crippen LogP contribution in [0.4, 0.5) is 0 Å². The molecule has 1 heterocycles. The first kappa shape index (κ1) is 30.2. The van der Waals surface area contributed by atoms with Crippen LogP contribution in [0, 0.1) is 6.42 Å². The first-order valence-corrected chi connectivity index (χ1v) is 12.4. The zero-order valence-electron chi connectivity index (χ0n) is 18.8. The van der Waals surface area contributed by atoms with Gasteiger partial charge >= 0.3 is 213 Å². The summed E-state index contributed by atoms with van der Waals surface area (Å²) in [5, 5.41) is 28.7. The molecule has 0 aromatic rings. The number of hydrogen-bond acceptors (Lipinski definition) is 9. The van der Waals surface area contributed by atoms with Gasteiger partial charge in [-0.15, -0.1) is 0 Å². The molecule has 0 aromatic carbocycles. The van der Waals surface area contributed by atoms with Crippen LogP contribution < -0.4 is 32.7 Å². The van der Waals surface area contributed by atoms with Gasteiger partial charge in [0.05, 0.1) is 0 Å². The van der Waals surface area contributed by atoms with E-state index in [4.69, 9.17) is 11.5 Å². The van der Waals surface area contributed by atoms with Crippen molar-refractivity contribution < 1.29 is 53.5 Å². The number of primary amides is 1. The Morgan fingerprint density at radius 2 is 1.74 bits per heavy atom. The second kappa shape index (κ2) is 14.5. The topological polar surface area (TPSA) is 226 Å². The number of carboxylic acid groups (broad SMARTS) is 1. The second-order valence-electron chi connectivity index (χ2n) is 7.66. The summed E-state index contributed by atoms with van der Waals surface area (Å²) in [7, 11) is 0. The number of aliphatic hydroxyl groups is 1. The Balaban J connectivity index is 3.34. The fourth-order valence-electron chi connectivity index (χ4n) is 3.00. The standard InChI is InChI=1S/C19H31N6O7S.Mo/c1-3-4-12-15(19(31)32)33-8-11(20)17(29)25-13(7-26)18(30)23-9(2)16(28)24-10(6-22-12)5-14(21)27;/h3,9-13,15,22,26H,4-5,7-8,20H2,1-2H3,(H2,21,27)(H,23,30)(H,24,28)(H,25,29)(H,31,32);/q-1;/t9-,10-,11-,12?,13?,15?;/m0./s1. The van der Waals surface area contributed by atoms with E-state index >= 15 is 0 Å². The van der Waals surface area contributed by atoms with Crippen LogP contribution in [0.5, 0.6) is 0 Å². The molecule has 34 heavy (non-hydrogen) atoms. The number of nitrogens with one attached hydrogen (secondary N) is 4. The van der Waals surface area contributed by atoms with Crippen molar-refractivity contribution >= 4 is 45.4 Å². The maximum absolute atomic E-state index is 12.7. The van der Waals surface area contributed by atoms with Gasteiger partial charge in [0, 0.05) is 0 Å². The molecule has 0 radical (unpaired) electrons. The molecule has 13 nitrogen and oxygen atoms in total. The number of carboxylic acids is 1. The molecule has 3 unspecified atom stereocenters. The fraction of sp³-hybridized carbons (Fsp3) is 0.632. The average Bonchev–Trinajstić information content (AvgIpc) is 2.75. The van der Waals surface area contributed by atoms with E-state index in [1.165, 1.54) is 26.3 Å². The van der Waals surface area contributed by atoms with Crippen molar-refractivity contribution in [2.45, 2.75) is 62.1 Å². The second-order valence-corrected chi connectivity index (χ2v) is 9.92. The molecule has 1 aliphatic heterocycles. The van der Waals surface area contributed by atoms with Gasteiger partial charge in [0.1, 0.15) is 0 Å². The molecule has 0 aliphatic carbocycles. The molecule has 1 rings (SSSR count). The summed E-state index contributed by atoms with van der Waals surface area (Å²) in [6.07, 6.45) is 1.82. The van der Waals surface area contributed by atoms with Gasteiger partial charge in [-0.3, -0.25) is 0 Å². The third-order valence-electron chi connectivity index (χ3n) is 4.82. The number of nitrogens with two attached hydrogens (primary N) is 2. The first-order chi connectivity index (χ1) is 15.9. The van der Waals surface area contributed by atoms with Gasteiger partial charge in [-0.05, 0) is 0 Å². The van der Waals surface area contributed by atoms with E-state index in [-0.39, 0.29) is 12.2 Å². The minimum absolute atomic E-state index is 0.0812. The van der Waals surface area contributed by atoms with E-state index in [1.54, 1.807) is 13.3 Å². The predicted octanol–water partition coefficient (Wildman–Crippen LogP) is -3.90. The third-order valence-corrected chi connectivity index (χ3v) is 7.25. The van der Waals surface area contributed by atoms with E-state index in [2.05, 4.69) is 21.3 Å². The summed E-state index contributed by atoms with van der Waals surface area (Å²) in [4.78, 5) is 61.2. The quantitative estimate of drug-likeness (QED) is 0.112. The average molecular weight is 583 g/mol. The summed E-state index contributed by atoms with van der Waals surface area (Å²) >= 11 is 2.43. The molecule has 15 heteroatoms. The molecule has 1 aliphatic rings. The molecule has 0 bridgehead atoms. The summed E-state index contributed by atoms with van der Waals surface area (Å²) in [5.41, 5.74) is 11.2. The number of aliphatic hydroxyl groups excluding tert-OH is 1. The van der Waals surface area contributed by atoms with E-state index < -0.39 is 71.7 Å². The number of hydrogen-bond donors (Lipinski definition) is 8. The zero-order chi connectivity index (χ0) is 26.0. The van der Waals surface area contributed by atoms with Crippen molar-refractivity contribution in [3.63, 3.8) is 0 Å². The van der Waals surface area contributed by atoms with Crippen LogP contribution in [0.25, 0.3) is 0 Å². The molecular weight excluding hydrogens is 552 g/mol. The number of carbonyl (C=O) groups excluding carboxylic acids is 4. The van der Waals surface area contributed by atoms with E-state index in [1.807, 2.05) is 0 Å². The number of carbonyl (C=O) groups is 5. The van der Waals surface area contributed by atoms with Gasteiger partial charge in [-0.25, -0.2) is 0 Å². The first-order valence-electron chi connectivity index (χ1n) is 10.4. The van der Waals surface area contributed by atoms with E-state index in [0.717, 1.165) is 11.8 Å². The van der Waals surface area contributed by atoms with Gasteiger partial charge in [0.25, 0.3) is 0 Å². The number of amides is 4. The van der Waals surface area contributed by atoms with Gasteiger partial charge in [0.15, 0.2) is 0 Å². The Labute approximate surface area is 212 Å². The van der Waals surface area contributed by atoms with Gasteiger partial charge in [0.2, 0.25) is 0 Å². The Morgan fingerprint density at radius 3 is 2.26 bits per heavy atom. The van der Waals surface area contributed by atoms with Crippen LogP contribution in [0.2, 0.25) is 0 Å². The molecule has 0 spiro atoms. The Morgan fingerprint density at radius 1 is 1.12 bits per heavy atom. The molecule has 1 fully saturated rings. The summed E-state index contributed by atoms with van der Waals surface area (Å²) in [6.45, 7) is 2.39. The molecule has 4 amide bonds. The van der Waals surface area contributed by atoms with Crippen molar-refractivity contribution in [2.24, 2.45) is 11.5 Å². The number of aliphatic carboxylic acids is 1. The molecule has 192 valence electrons. The van der Waals surface area contributed by atoms with E-state index in [9.17, 15) is 34.2 Å². The Hall–Kier alpha value is -1.86. The van der Waals surface area contributed by atoms with Crippen LogP contribution in [0.1, 0.15) is 26.7 Å². The monoisotopic (exact) mass is 585 g/mol. The van der Waals surface area contributed by atoms with Gasteiger partial charge in [-0.2, -0.15) is 0 Å². The summed E-state index contributed by atoms with van der Waals surface area (Å²) in [6, 6.07) is -5.17. The SMILES string of the molecule is C[CH-]CC1N[C](=[Mo])[C@H](CC(N)=O)NC(=O)[C@H](C)NC(=O)C(CO)NC(=O)[C@@H](N)CSC1C(=O)O. The van der Waals surface area contributed by atoms with Crippen molar-refractivity contribution in [2.75, 3.05) is 12.4 Å². The summed E-state index contributed by atoms with van der Waals surface area (Å²) in [5.74, 6) is -4.16. The van der Waals surface area contributed by atoms with Crippen LogP contribution in [0.3, 0.4) is 0 Å².